The predicted octanol–water partition coefficient (Wildman–Crippen LogP) is 3.33. The van der Waals surface area contributed by atoms with Gasteiger partial charge in [0.15, 0.2) is 0 Å². The third-order valence-electron chi connectivity index (χ3n) is 3.53. The molecule has 122 valence electrons. The largest absolute Gasteiger partial charge is 0.345 e. The van der Waals surface area contributed by atoms with E-state index in [1.165, 1.54) is 23.2 Å². The molecule has 8 heteroatoms. The number of rotatable bonds is 5. The van der Waals surface area contributed by atoms with Gasteiger partial charge in [0.05, 0.1) is 17.3 Å². The molecule has 0 aliphatic rings. The minimum Gasteiger partial charge on any atom is -0.345 e. The van der Waals surface area contributed by atoms with E-state index in [0.29, 0.717) is 5.69 Å². The first-order valence-electron chi connectivity index (χ1n) is 7.17. The Morgan fingerprint density at radius 3 is 2.88 bits per heavy atom. The Balaban J connectivity index is 1.87. The number of imidazole rings is 1. The van der Waals surface area contributed by atoms with Gasteiger partial charge >= 0.3 is 0 Å². The second kappa shape index (κ2) is 6.63. The zero-order chi connectivity index (χ0) is 17.1. The quantitative estimate of drug-likeness (QED) is 0.569. The number of hydrogen-bond donors (Lipinski definition) is 1. The second-order valence-electron chi connectivity index (χ2n) is 5.14. The molecule has 2 aromatic heterocycles. The van der Waals surface area contributed by atoms with Crippen molar-refractivity contribution in [1.29, 1.82) is 0 Å². The molecule has 0 saturated heterocycles. The van der Waals surface area contributed by atoms with Crippen LogP contribution in [0.5, 0.6) is 0 Å². The maximum Gasteiger partial charge on any atom is 0.294 e. The Kier molecular flexibility index (Phi) is 4.39. The minimum atomic E-state index is -0.505. The predicted molar refractivity (Wildman–Crippen MR) is 90.4 cm³/mol. The van der Waals surface area contributed by atoms with Crippen LogP contribution in [0.25, 0.3) is 5.69 Å². The molecule has 0 aliphatic heterocycles. The molecular formula is C16H14N4O3S. The zero-order valence-corrected chi connectivity index (χ0v) is 13.6. The van der Waals surface area contributed by atoms with Crippen LogP contribution in [0.4, 0.5) is 5.69 Å². The smallest absolute Gasteiger partial charge is 0.294 e. The highest BCUT2D eigenvalue weighted by atomic mass is 32.1. The SMILES string of the molecule is CC(NC(=O)c1ccc(-n2ccnc2)c([N+](=O)[O-])c1)c1cccs1. The monoisotopic (exact) mass is 342 g/mol. The summed E-state index contributed by atoms with van der Waals surface area (Å²) in [6, 6.07) is 8.08. The number of nitrogens with one attached hydrogen (secondary N) is 1. The summed E-state index contributed by atoms with van der Waals surface area (Å²) >= 11 is 1.54. The lowest BCUT2D eigenvalue weighted by Crippen LogP contribution is -2.26. The molecule has 0 radical (unpaired) electrons. The molecule has 1 unspecified atom stereocenters. The van der Waals surface area contributed by atoms with Gasteiger partial charge in [-0.15, -0.1) is 11.3 Å². The highest BCUT2D eigenvalue weighted by Gasteiger charge is 2.20. The Labute approximate surface area is 141 Å². The average molecular weight is 342 g/mol. The molecular weight excluding hydrogens is 328 g/mol. The molecule has 0 bridgehead atoms. The van der Waals surface area contributed by atoms with Gasteiger partial charge in [-0.25, -0.2) is 4.98 Å². The van der Waals surface area contributed by atoms with Crippen LogP contribution in [0, 0.1) is 10.1 Å². The third kappa shape index (κ3) is 3.18. The third-order valence-corrected chi connectivity index (χ3v) is 4.59. The highest BCUT2D eigenvalue weighted by Crippen LogP contribution is 2.25. The second-order valence-corrected chi connectivity index (χ2v) is 6.12. The summed E-state index contributed by atoms with van der Waals surface area (Å²) in [4.78, 5) is 28.1. The van der Waals surface area contributed by atoms with Crippen molar-refractivity contribution in [2.45, 2.75) is 13.0 Å². The molecule has 3 rings (SSSR count). The summed E-state index contributed by atoms with van der Waals surface area (Å²) in [6.07, 6.45) is 4.62. The molecule has 3 aromatic rings. The van der Waals surface area contributed by atoms with Crippen LogP contribution in [0.15, 0.2) is 54.4 Å². The van der Waals surface area contributed by atoms with Gasteiger partial charge in [0.1, 0.15) is 5.69 Å². The topological polar surface area (TPSA) is 90.1 Å². The summed E-state index contributed by atoms with van der Waals surface area (Å²) in [5, 5.41) is 16.1. The molecule has 1 amide bonds. The van der Waals surface area contributed by atoms with Crippen LogP contribution in [-0.2, 0) is 0 Å². The van der Waals surface area contributed by atoms with E-state index in [4.69, 9.17) is 0 Å². The Morgan fingerprint density at radius 2 is 2.25 bits per heavy atom. The lowest BCUT2D eigenvalue weighted by atomic mass is 10.1. The Hall–Kier alpha value is -3.00. The maximum absolute atomic E-state index is 12.4. The van der Waals surface area contributed by atoms with Crippen molar-refractivity contribution in [1.82, 2.24) is 14.9 Å². The maximum atomic E-state index is 12.4. The lowest BCUT2D eigenvalue weighted by molar-refractivity contribution is -0.384. The summed E-state index contributed by atoms with van der Waals surface area (Å²) in [7, 11) is 0. The molecule has 1 aromatic carbocycles. The number of amides is 1. The summed E-state index contributed by atoms with van der Waals surface area (Å²) in [5.74, 6) is -0.351. The standard InChI is InChI=1S/C16H14N4O3S/c1-11(15-3-2-8-24-15)18-16(21)12-4-5-13(14(9-12)20(22)23)19-7-6-17-10-19/h2-11H,1H3,(H,18,21). The van der Waals surface area contributed by atoms with Crippen LogP contribution in [0.1, 0.15) is 28.2 Å². The number of nitrogens with zero attached hydrogens (tertiary/aromatic N) is 3. The van der Waals surface area contributed by atoms with Crippen molar-refractivity contribution in [2.24, 2.45) is 0 Å². The number of nitro benzene ring substituents is 1. The van der Waals surface area contributed by atoms with Gasteiger partial charge < -0.3 is 9.88 Å². The first-order chi connectivity index (χ1) is 11.6. The lowest BCUT2D eigenvalue weighted by Gasteiger charge is -2.12. The van der Waals surface area contributed by atoms with Gasteiger partial charge in [-0.3, -0.25) is 14.9 Å². The molecule has 1 N–H and O–H groups in total. The minimum absolute atomic E-state index is 0.149. The van der Waals surface area contributed by atoms with Crippen molar-refractivity contribution in [3.8, 4) is 5.69 Å². The van der Waals surface area contributed by atoms with E-state index in [9.17, 15) is 14.9 Å². The fourth-order valence-electron chi connectivity index (χ4n) is 2.32. The van der Waals surface area contributed by atoms with Crippen molar-refractivity contribution < 1.29 is 9.72 Å². The van der Waals surface area contributed by atoms with Crippen LogP contribution >= 0.6 is 11.3 Å². The number of thiophene rings is 1. The highest BCUT2D eigenvalue weighted by molar-refractivity contribution is 7.10. The normalized spacial score (nSPS) is 11.9. The van der Waals surface area contributed by atoms with Crippen molar-refractivity contribution in [3.63, 3.8) is 0 Å². The molecule has 0 fully saturated rings. The summed E-state index contributed by atoms with van der Waals surface area (Å²) in [6.45, 7) is 1.87. The van der Waals surface area contributed by atoms with Crippen LogP contribution in [-0.4, -0.2) is 20.4 Å². The summed E-state index contributed by atoms with van der Waals surface area (Å²) in [5.41, 5.74) is 0.457. The van der Waals surface area contributed by atoms with Crippen LogP contribution in [0.3, 0.4) is 0 Å². The number of carbonyl (C=O) groups is 1. The molecule has 1 atom stereocenters. The molecule has 2 heterocycles. The number of nitro groups is 1. The number of benzene rings is 1. The zero-order valence-electron chi connectivity index (χ0n) is 12.7. The Bertz CT molecular complexity index is 860. The number of carbonyl (C=O) groups excluding carboxylic acids is 1. The van der Waals surface area contributed by atoms with E-state index in [2.05, 4.69) is 10.3 Å². The van der Waals surface area contributed by atoms with E-state index in [1.54, 1.807) is 29.7 Å². The molecule has 0 saturated carbocycles. The van der Waals surface area contributed by atoms with E-state index in [1.807, 2.05) is 24.4 Å². The number of aromatic nitrogens is 2. The van der Waals surface area contributed by atoms with E-state index in [-0.39, 0.29) is 23.2 Å². The first kappa shape index (κ1) is 15.9. The van der Waals surface area contributed by atoms with Gasteiger partial charge in [-0.05, 0) is 30.5 Å². The van der Waals surface area contributed by atoms with Crippen LogP contribution < -0.4 is 5.32 Å². The molecule has 24 heavy (non-hydrogen) atoms. The first-order valence-corrected chi connectivity index (χ1v) is 8.05. The van der Waals surface area contributed by atoms with E-state index >= 15 is 0 Å². The van der Waals surface area contributed by atoms with Gasteiger partial charge in [-0.1, -0.05) is 6.07 Å². The average Bonchev–Trinajstić information content (AvgIpc) is 3.27. The number of hydrogen-bond acceptors (Lipinski definition) is 5. The molecule has 0 aliphatic carbocycles. The van der Waals surface area contributed by atoms with Crippen molar-refractivity contribution >= 4 is 22.9 Å². The van der Waals surface area contributed by atoms with Gasteiger partial charge in [0.2, 0.25) is 0 Å². The van der Waals surface area contributed by atoms with Gasteiger partial charge in [0, 0.05) is 28.9 Å². The van der Waals surface area contributed by atoms with Crippen LogP contribution in [0.2, 0.25) is 0 Å². The molecule has 0 spiro atoms. The van der Waals surface area contributed by atoms with E-state index in [0.717, 1.165) is 4.88 Å². The van der Waals surface area contributed by atoms with Crippen molar-refractivity contribution in [2.75, 3.05) is 0 Å². The Morgan fingerprint density at radius 1 is 1.42 bits per heavy atom. The fraction of sp³-hybridized carbons (Fsp3) is 0.125. The summed E-state index contributed by atoms with van der Waals surface area (Å²) < 4.78 is 1.54. The van der Waals surface area contributed by atoms with Gasteiger partial charge in [-0.2, -0.15) is 0 Å². The van der Waals surface area contributed by atoms with E-state index < -0.39 is 4.92 Å². The fourth-order valence-corrected chi connectivity index (χ4v) is 3.05. The molecule has 7 nitrogen and oxygen atoms in total. The van der Waals surface area contributed by atoms with Crippen molar-refractivity contribution in [3.05, 3.63) is 75.0 Å². The van der Waals surface area contributed by atoms with Gasteiger partial charge in [0.25, 0.3) is 11.6 Å².